The molecule has 0 saturated carbocycles. The lowest BCUT2D eigenvalue weighted by Gasteiger charge is -2.21. The van der Waals surface area contributed by atoms with Crippen LogP contribution < -0.4 is 4.57 Å². The molecule has 5 heteroatoms. The molecule has 0 atom stereocenters. The van der Waals surface area contributed by atoms with Gasteiger partial charge in [-0.1, -0.05) is 94.4 Å². The van der Waals surface area contributed by atoms with Gasteiger partial charge in [0.2, 0.25) is 5.89 Å². The maximum atomic E-state index is 6.93. The second kappa shape index (κ2) is 11.8. The number of fused-ring (bicyclic) bond motifs is 5. The van der Waals surface area contributed by atoms with E-state index >= 15 is 0 Å². The molecule has 0 aliphatic rings. The van der Waals surface area contributed by atoms with Crippen LogP contribution in [0.5, 0.6) is 0 Å². The van der Waals surface area contributed by atoms with Crippen molar-refractivity contribution < 1.29 is 13.4 Å². The molecule has 0 fully saturated rings. The van der Waals surface area contributed by atoms with Crippen LogP contribution in [0.4, 0.5) is 0 Å². The maximum absolute atomic E-state index is 6.93. The Bertz CT molecular complexity index is 2720. The van der Waals surface area contributed by atoms with E-state index < -0.39 is 0 Å². The summed E-state index contributed by atoms with van der Waals surface area (Å²) in [6.45, 7) is 11.4. The molecular weight excluding hydrogens is 627 g/mol. The van der Waals surface area contributed by atoms with Gasteiger partial charge in [0.25, 0.3) is 5.82 Å². The van der Waals surface area contributed by atoms with Crippen molar-refractivity contribution in [2.75, 3.05) is 0 Å². The molecule has 3 aromatic heterocycles. The Kier molecular flexibility index (Phi) is 7.21. The molecule has 0 aliphatic carbocycles. The first kappa shape index (κ1) is 31.1. The first-order valence-corrected chi connectivity index (χ1v) is 17.8. The Morgan fingerprint density at radius 2 is 1.31 bits per heavy atom. The molecule has 0 N–H and O–H groups in total. The molecule has 5 nitrogen and oxygen atoms in total. The van der Waals surface area contributed by atoms with E-state index in [-0.39, 0.29) is 11.8 Å². The average Bonchev–Trinajstić information content (AvgIpc) is 3.83. The van der Waals surface area contributed by atoms with Gasteiger partial charge < -0.3 is 8.83 Å². The highest BCUT2D eigenvalue weighted by Crippen LogP contribution is 2.43. The predicted molar refractivity (Wildman–Crippen MR) is 209 cm³/mol. The van der Waals surface area contributed by atoms with Gasteiger partial charge in [-0.05, 0) is 90.0 Å². The lowest BCUT2D eigenvalue weighted by atomic mass is 9.88. The Balaban J connectivity index is 1.34. The van der Waals surface area contributed by atoms with Crippen molar-refractivity contribution in [1.82, 2.24) is 9.55 Å². The Labute approximate surface area is 297 Å². The molecule has 51 heavy (non-hydrogen) atoms. The van der Waals surface area contributed by atoms with Crippen molar-refractivity contribution in [3.63, 3.8) is 0 Å². The van der Waals surface area contributed by atoms with Crippen LogP contribution in [0.15, 0.2) is 130 Å². The summed E-state index contributed by atoms with van der Waals surface area (Å²) >= 11 is 0. The third-order valence-electron chi connectivity index (χ3n) is 10.4. The highest BCUT2D eigenvalue weighted by molar-refractivity contribution is 6.10. The van der Waals surface area contributed by atoms with Crippen molar-refractivity contribution in [3.8, 4) is 39.7 Å². The van der Waals surface area contributed by atoms with Gasteiger partial charge >= 0.3 is 0 Å². The predicted octanol–water partition coefficient (Wildman–Crippen LogP) is 12.1. The van der Waals surface area contributed by atoms with Crippen molar-refractivity contribution in [1.29, 1.82) is 0 Å². The number of nitrogens with zero attached hydrogens (tertiary/aromatic N) is 3. The van der Waals surface area contributed by atoms with Gasteiger partial charge in [0.05, 0.1) is 7.05 Å². The van der Waals surface area contributed by atoms with Crippen LogP contribution in [0.2, 0.25) is 0 Å². The van der Waals surface area contributed by atoms with E-state index in [0.29, 0.717) is 5.89 Å². The fourth-order valence-electron chi connectivity index (χ4n) is 7.78. The normalized spacial score (nSPS) is 12.1. The third kappa shape index (κ3) is 4.90. The van der Waals surface area contributed by atoms with Gasteiger partial charge in [-0.3, -0.25) is 0 Å². The number of furan rings is 1. The summed E-state index contributed by atoms with van der Waals surface area (Å²) in [7, 11) is 2.18. The zero-order valence-corrected chi connectivity index (χ0v) is 29.9. The van der Waals surface area contributed by atoms with Gasteiger partial charge in [-0.25, -0.2) is 9.55 Å². The number of benzene rings is 6. The molecule has 0 unspecified atom stereocenters. The van der Waals surface area contributed by atoms with Crippen LogP contribution in [0, 0.1) is 6.92 Å². The number of aromatic nitrogens is 3. The molecule has 9 aromatic rings. The van der Waals surface area contributed by atoms with Crippen molar-refractivity contribution in [2.45, 2.75) is 46.5 Å². The van der Waals surface area contributed by atoms with Gasteiger partial charge in [0.1, 0.15) is 22.4 Å². The van der Waals surface area contributed by atoms with Crippen LogP contribution >= 0.6 is 0 Å². The van der Waals surface area contributed by atoms with Gasteiger partial charge in [0, 0.05) is 27.5 Å². The molecule has 0 aliphatic heterocycles. The first-order chi connectivity index (χ1) is 24.8. The monoisotopic (exact) mass is 666 g/mol. The topological polar surface area (TPSA) is 48.0 Å². The van der Waals surface area contributed by atoms with Gasteiger partial charge in [-0.15, -0.1) is 0 Å². The minimum Gasteiger partial charge on any atom is -0.455 e. The second-order valence-electron chi connectivity index (χ2n) is 14.3. The fraction of sp³-hybridized carbons (Fsp3) is 0.174. The van der Waals surface area contributed by atoms with Crippen molar-refractivity contribution in [3.05, 3.63) is 138 Å². The van der Waals surface area contributed by atoms with E-state index in [4.69, 9.17) is 13.8 Å². The minimum absolute atomic E-state index is 0.286. The highest BCUT2D eigenvalue weighted by Gasteiger charge is 2.34. The summed E-state index contributed by atoms with van der Waals surface area (Å²) < 4.78 is 17.9. The maximum Gasteiger partial charge on any atom is 0.299 e. The Morgan fingerprint density at radius 1 is 0.627 bits per heavy atom. The summed E-state index contributed by atoms with van der Waals surface area (Å²) in [4.78, 5) is 4.76. The largest absolute Gasteiger partial charge is 0.455 e. The van der Waals surface area contributed by atoms with Crippen LogP contribution in [-0.2, 0) is 7.05 Å². The number of rotatable bonds is 6. The van der Waals surface area contributed by atoms with Crippen molar-refractivity contribution in [2.24, 2.45) is 7.05 Å². The van der Waals surface area contributed by atoms with E-state index in [2.05, 4.69) is 148 Å². The molecule has 0 saturated heterocycles. The lowest BCUT2D eigenvalue weighted by molar-refractivity contribution is -0.633. The average molecular weight is 667 g/mol. The summed E-state index contributed by atoms with van der Waals surface area (Å²) in [5.74, 6) is 2.25. The van der Waals surface area contributed by atoms with E-state index in [9.17, 15) is 0 Å². The standard InChI is InChI=1S/C46H40N3O2/c1-27(2)35-24-32(30-14-8-7-9-15-30)25-36(28(3)4)43(35)49-39-18-12-11-17-38(39)48(6)46(49)42-29(5)20-22-34-33-23-21-31(26-41(33)50-44(34)42)45-47-37-16-10-13-19-40(37)51-45/h7-28H,1-6H3/q+1. The Morgan fingerprint density at radius 3 is 2.06 bits per heavy atom. The summed E-state index contributed by atoms with van der Waals surface area (Å²) in [5, 5.41) is 2.15. The molecule has 9 rings (SSSR count). The van der Waals surface area contributed by atoms with E-state index in [1.165, 1.54) is 27.9 Å². The summed E-state index contributed by atoms with van der Waals surface area (Å²) in [6.07, 6.45) is 0. The SMILES string of the molecule is Cc1ccc2c(oc3cc(-c4nc5ccccc5o4)ccc32)c1-c1n(-c2c(C(C)C)cc(-c3ccccc3)cc2C(C)C)c2ccccc2[n+]1C. The number of hydrogen-bond acceptors (Lipinski definition) is 3. The molecule has 0 bridgehead atoms. The number of aryl methyl sites for hydroxylation is 2. The van der Waals surface area contributed by atoms with E-state index in [1.807, 2.05) is 24.3 Å². The van der Waals surface area contributed by atoms with Gasteiger partial charge in [-0.2, -0.15) is 4.57 Å². The van der Waals surface area contributed by atoms with E-state index in [0.717, 1.165) is 66.6 Å². The molecule has 0 radical (unpaired) electrons. The summed E-state index contributed by atoms with van der Waals surface area (Å²) in [6, 6.07) is 42.9. The highest BCUT2D eigenvalue weighted by atomic mass is 16.3. The third-order valence-corrected chi connectivity index (χ3v) is 10.4. The number of hydrogen-bond donors (Lipinski definition) is 0. The van der Waals surface area contributed by atoms with Crippen LogP contribution in [0.1, 0.15) is 56.2 Å². The second-order valence-corrected chi connectivity index (χ2v) is 14.3. The lowest BCUT2D eigenvalue weighted by Crippen LogP contribution is -2.30. The zero-order valence-electron chi connectivity index (χ0n) is 29.9. The fourth-order valence-corrected chi connectivity index (χ4v) is 7.78. The number of oxazole rings is 1. The number of para-hydroxylation sites is 4. The molecule has 0 amide bonds. The first-order valence-electron chi connectivity index (χ1n) is 17.8. The van der Waals surface area contributed by atoms with Gasteiger partial charge in [0.15, 0.2) is 22.2 Å². The Hall–Kier alpha value is -5.94. The zero-order chi connectivity index (χ0) is 35.0. The molecular formula is C46H40N3O2+. The molecule has 250 valence electrons. The van der Waals surface area contributed by atoms with Crippen molar-refractivity contribution >= 4 is 44.1 Å². The van der Waals surface area contributed by atoms with E-state index in [1.54, 1.807) is 0 Å². The minimum atomic E-state index is 0.286. The number of imidazole rings is 1. The van der Waals surface area contributed by atoms with Crippen LogP contribution in [0.25, 0.3) is 83.7 Å². The molecule has 6 aromatic carbocycles. The molecule has 3 heterocycles. The smallest absolute Gasteiger partial charge is 0.299 e. The van der Waals surface area contributed by atoms with Crippen LogP contribution in [-0.4, -0.2) is 9.55 Å². The molecule has 0 spiro atoms. The summed E-state index contributed by atoms with van der Waals surface area (Å²) in [5.41, 5.74) is 15.1. The van der Waals surface area contributed by atoms with Crippen LogP contribution in [0.3, 0.4) is 0 Å². The quantitative estimate of drug-likeness (QED) is 0.166.